The first-order valence-corrected chi connectivity index (χ1v) is 7.41. The highest BCUT2D eigenvalue weighted by molar-refractivity contribution is 7.14. The number of thiophene rings is 1. The topological polar surface area (TPSA) is 40.5 Å². The lowest BCUT2D eigenvalue weighted by Gasteiger charge is -2.46. The maximum absolute atomic E-state index is 12.2. The van der Waals surface area contributed by atoms with Gasteiger partial charge in [-0.3, -0.25) is 4.79 Å². The van der Waals surface area contributed by atoms with Crippen LogP contribution in [-0.2, 0) is 6.42 Å². The van der Waals surface area contributed by atoms with Crippen LogP contribution in [0.2, 0.25) is 0 Å². The summed E-state index contributed by atoms with van der Waals surface area (Å²) in [7, 11) is 0. The third-order valence-corrected chi connectivity index (χ3v) is 4.89. The summed E-state index contributed by atoms with van der Waals surface area (Å²) in [5.41, 5.74) is 0.569. The predicted octanol–water partition coefficient (Wildman–Crippen LogP) is 2.61. The molecule has 100 valence electrons. The fraction of sp³-hybridized carbons (Fsp3) is 0.643. The van der Waals surface area contributed by atoms with E-state index < -0.39 is 5.60 Å². The quantitative estimate of drug-likeness (QED) is 0.911. The normalized spacial score (nSPS) is 17.7. The standard InChI is InChI=1S/C14H21NO2S/c1-4-6-14(17)8-15(9-14)13(16)12-7-10(3)11(5-2)18-12/h7,17H,4-6,8-9H2,1-3H3. The summed E-state index contributed by atoms with van der Waals surface area (Å²) in [4.78, 5) is 16.1. The van der Waals surface area contributed by atoms with Crippen LogP contribution in [0.15, 0.2) is 6.07 Å². The summed E-state index contributed by atoms with van der Waals surface area (Å²) in [6.07, 6.45) is 2.71. The number of amides is 1. The second kappa shape index (κ2) is 5.02. The average molecular weight is 267 g/mol. The number of likely N-dealkylation sites (tertiary alicyclic amines) is 1. The van der Waals surface area contributed by atoms with Gasteiger partial charge in [0.1, 0.15) is 0 Å². The molecule has 1 amide bonds. The molecular formula is C14H21NO2S. The Bertz CT molecular complexity index is 447. The van der Waals surface area contributed by atoms with E-state index in [-0.39, 0.29) is 5.91 Å². The predicted molar refractivity (Wildman–Crippen MR) is 74.2 cm³/mol. The van der Waals surface area contributed by atoms with E-state index in [4.69, 9.17) is 0 Å². The molecule has 0 aromatic carbocycles. The van der Waals surface area contributed by atoms with E-state index in [9.17, 15) is 9.90 Å². The van der Waals surface area contributed by atoms with Crippen molar-refractivity contribution in [1.82, 2.24) is 4.90 Å². The molecule has 0 saturated carbocycles. The summed E-state index contributed by atoms with van der Waals surface area (Å²) in [6.45, 7) is 7.18. The Morgan fingerprint density at radius 2 is 2.17 bits per heavy atom. The zero-order chi connectivity index (χ0) is 13.3. The van der Waals surface area contributed by atoms with Crippen LogP contribution in [0.3, 0.4) is 0 Å². The van der Waals surface area contributed by atoms with Crippen molar-refractivity contribution >= 4 is 17.2 Å². The molecule has 0 aliphatic carbocycles. The number of nitrogens with zero attached hydrogens (tertiary/aromatic N) is 1. The van der Waals surface area contributed by atoms with Crippen LogP contribution in [-0.4, -0.2) is 34.6 Å². The molecular weight excluding hydrogens is 246 g/mol. The first kappa shape index (κ1) is 13.6. The van der Waals surface area contributed by atoms with Crippen LogP contribution in [0.4, 0.5) is 0 Å². The number of rotatable bonds is 4. The van der Waals surface area contributed by atoms with E-state index in [1.165, 1.54) is 10.4 Å². The third-order valence-electron chi connectivity index (χ3n) is 3.53. The van der Waals surface area contributed by atoms with Crippen molar-refractivity contribution in [3.63, 3.8) is 0 Å². The molecule has 1 aromatic heterocycles. The highest BCUT2D eigenvalue weighted by Crippen LogP contribution is 2.30. The number of hydrogen-bond acceptors (Lipinski definition) is 3. The smallest absolute Gasteiger partial charge is 0.264 e. The first-order valence-electron chi connectivity index (χ1n) is 6.60. The van der Waals surface area contributed by atoms with Crippen LogP contribution < -0.4 is 0 Å². The lowest BCUT2D eigenvalue weighted by molar-refractivity contribution is -0.0858. The van der Waals surface area contributed by atoms with Crippen molar-refractivity contribution in [1.29, 1.82) is 0 Å². The molecule has 1 aliphatic heterocycles. The van der Waals surface area contributed by atoms with Crippen LogP contribution >= 0.6 is 11.3 Å². The molecule has 1 N–H and O–H groups in total. The molecule has 0 bridgehead atoms. The summed E-state index contributed by atoms with van der Waals surface area (Å²) in [5.74, 6) is 0.0728. The SMILES string of the molecule is CCCC1(O)CN(C(=O)c2cc(C)c(CC)s2)C1. The van der Waals surface area contributed by atoms with Crippen molar-refractivity contribution in [2.24, 2.45) is 0 Å². The lowest BCUT2D eigenvalue weighted by atomic mass is 9.89. The monoisotopic (exact) mass is 267 g/mol. The van der Waals surface area contributed by atoms with Gasteiger partial charge in [0, 0.05) is 4.88 Å². The molecule has 2 rings (SSSR count). The Labute approximate surface area is 112 Å². The van der Waals surface area contributed by atoms with Crippen molar-refractivity contribution in [2.45, 2.75) is 45.6 Å². The van der Waals surface area contributed by atoms with E-state index in [0.29, 0.717) is 13.1 Å². The van der Waals surface area contributed by atoms with Crippen LogP contribution in [0, 0.1) is 6.92 Å². The minimum atomic E-state index is -0.635. The van der Waals surface area contributed by atoms with Gasteiger partial charge in [-0.2, -0.15) is 0 Å². The molecule has 18 heavy (non-hydrogen) atoms. The van der Waals surface area contributed by atoms with Gasteiger partial charge in [-0.15, -0.1) is 11.3 Å². The zero-order valence-corrected chi connectivity index (χ0v) is 12.1. The van der Waals surface area contributed by atoms with Gasteiger partial charge in [0.05, 0.1) is 23.6 Å². The Balaban J connectivity index is 2.01. The molecule has 3 nitrogen and oxygen atoms in total. The zero-order valence-electron chi connectivity index (χ0n) is 11.3. The summed E-state index contributed by atoms with van der Waals surface area (Å²) >= 11 is 1.59. The van der Waals surface area contributed by atoms with Crippen LogP contribution in [0.1, 0.15) is 46.8 Å². The lowest BCUT2D eigenvalue weighted by Crippen LogP contribution is -2.63. The summed E-state index contributed by atoms with van der Waals surface area (Å²) in [5, 5.41) is 10.1. The van der Waals surface area contributed by atoms with Gasteiger partial charge >= 0.3 is 0 Å². The summed E-state index contributed by atoms with van der Waals surface area (Å²) < 4.78 is 0. The third kappa shape index (κ3) is 2.45. The fourth-order valence-electron chi connectivity index (χ4n) is 2.56. The molecule has 0 radical (unpaired) electrons. The van der Waals surface area contributed by atoms with Crippen molar-refractivity contribution in [3.05, 3.63) is 21.4 Å². The largest absolute Gasteiger partial charge is 0.386 e. The van der Waals surface area contributed by atoms with Gasteiger partial charge in [-0.25, -0.2) is 0 Å². The maximum atomic E-state index is 12.2. The minimum absolute atomic E-state index is 0.0728. The van der Waals surface area contributed by atoms with Crippen LogP contribution in [0.25, 0.3) is 0 Å². The average Bonchev–Trinajstić information content (AvgIpc) is 2.66. The highest BCUT2D eigenvalue weighted by atomic mass is 32.1. The van der Waals surface area contributed by atoms with Gasteiger partial charge < -0.3 is 10.0 Å². The fourth-order valence-corrected chi connectivity index (χ4v) is 3.65. The van der Waals surface area contributed by atoms with Gasteiger partial charge in [0.2, 0.25) is 0 Å². The molecule has 1 fully saturated rings. The molecule has 2 heterocycles. The molecule has 1 aliphatic rings. The van der Waals surface area contributed by atoms with Crippen LogP contribution in [0.5, 0.6) is 0 Å². The van der Waals surface area contributed by atoms with Gasteiger partial charge in [-0.05, 0) is 31.4 Å². The van der Waals surface area contributed by atoms with Crippen molar-refractivity contribution in [2.75, 3.05) is 13.1 Å². The molecule has 1 saturated heterocycles. The Morgan fingerprint density at radius 1 is 1.50 bits per heavy atom. The Kier molecular flexibility index (Phi) is 3.78. The molecule has 0 spiro atoms. The van der Waals surface area contributed by atoms with Gasteiger partial charge in [-0.1, -0.05) is 20.3 Å². The molecule has 4 heteroatoms. The van der Waals surface area contributed by atoms with Crippen molar-refractivity contribution < 1.29 is 9.90 Å². The number of carbonyl (C=O) groups is 1. The second-order valence-electron chi connectivity index (χ2n) is 5.21. The molecule has 0 unspecified atom stereocenters. The van der Waals surface area contributed by atoms with E-state index in [1.807, 2.05) is 6.07 Å². The number of aryl methyl sites for hydroxylation is 2. The highest BCUT2D eigenvalue weighted by Gasteiger charge is 2.43. The van der Waals surface area contributed by atoms with E-state index in [0.717, 1.165) is 24.1 Å². The molecule has 0 atom stereocenters. The Morgan fingerprint density at radius 3 is 2.67 bits per heavy atom. The van der Waals surface area contributed by atoms with Gasteiger partial charge in [0.25, 0.3) is 5.91 Å². The number of carbonyl (C=O) groups excluding carboxylic acids is 1. The Hall–Kier alpha value is -0.870. The minimum Gasteiger partial charge on any atom is -0.386 e. The second-order valence-corrected chi connectivity index (χ2v) is 6.34. The maximum Gasteiger partial charge on any atom is 0.264 e. The van der Waals surface area contributed by atoms with Gasteiger partial charge in [0.15, 0.2) is 0 Å². The number of hydrogen-bond donors (Lipinski definition) is 1. The van der Waals surface area contributed by atoms with E-state index in [1.54, 1.807) is 16.2 Å². The summed E-state index contributed by atoms with van der Waals surface area (Å²) in [6, 6.07) is 1.98. The number of β-amino-alcohol motifs (C(OH)–C–C–N with tert-alkyl or cyclic N) is 1. The first-order chi connectivity index (χ1) is 8.49. The number of aliphatic hydroxyl groups is 1. The van der Waals surface area contributed by atoms with E-state index >= 15 is 0 Å². The molecule has 1 aromatic rings. The van der Waals surface area contributed by atoms with Crippen molar-refractivity contribution in [3.8, 4) is 0 Å². The van der Waals surface area contributed by atoms with E-state index in [2.05, 4.69) is 20.8 Å².